The van der Waals surface area contributed by atoms with Gasteiger partial charge >= 0.3 is 7.37 Å². The number of Topliss-reactive ketones (excluding diaryl/α,β-unsaturated/α-hetero) is 1. The second-order valence-electron chi connectivity index (χ2n) is 17.8. The molecule has 0 aromatic heterocycles. The topological polar surface area (TPSA) is 132 Å². The molecule has 0 bridgehead atoms. The largest absolute Gasteiger partial charge is 0.382 e. The fraction of sp³-hybridized carbons (Fsp3) is 0.298. The molecule has 6 aromatic rings. The van der Waals surface area contributed by atoms with Crippen LogP contribution in [0.2, 0.25) is 0 Å². The molecule has 1 fully saturated rings. The third kappa shape index (κ3) is 11.7. The maximum Gasteiger partial charge on any atom is 0.300 e. The molecule has 0 saturated heterocycles. The van der Waals surface area contributed by atoms with Gasteiger partial charge in [-0.1, -0.05) is 151 Å². The van der Waals surface area contributed by atoms with Crippen molar-refractivity contribution in [2.24, 2.45) is 0 Å². The van der Waals surface area contributed by atoms with E-state index in [1.165, 1.54) is 0 Å². The summed E-state index contributed by atoms with van der Waals surface area (Å²) in [6.07, 6.45) is 4.26. The second-order valence-corrected chi connectivity index (χ2v) is 22.6. The Bertz CT molecular complexity index is 2720. The molecule has 67 heavy (non-hydrogen) atoms. The molecule has 8 nitrogen and oxygen atoms in total. The number of hydrogen-bond donors (Lipinski definition) is 1. The van der Waals surface area contributed by atoms with Crippen LogP contribution in [0.5, 0.6) is 0 Å². The van der Waals surface area contributed by atoms with Crippen LogP contribution in [0.25, 0.3) is 0 Å². The van der Waals surface area contributed by atoms with Crippen molar-refractivity contribution >= 4 is 47.5 Å². The molecule has 1 aliphatic rings. The van der Waals surface area contributed by atoms with Crippen molar-refractivity contribution in [3.63, 3.8) is 0 Å². The molecule has 6 aromatic carbocycles. The van der Waals surface area contributed by atoms with Gasteiger partial charge in [0.15, 0.2) is 5.78 Å². The summed E-state index contributed by atoms with van der Waals surface area (Å²) in [6.45, 7) is 18.9. The molecule has 350 valence electrons. The van der Waals surface area contributed by atoms with Crippen molar-refractivity contribution in [2.75, 3.05) is 6.61 Å². The lowest BCUT2D eigenvalue weighted by Crippen LogP contribution is -2.40. The van der Waals surface area contributed by atoms with E-state index in [1.807, 2.05) is 123 Å². The Balaban J connectivity index is 0.000000199. The number of ketones is 1. The molecule has 0 heterocycles. The summed E-state index contributed by atoms with van der Waals surface area (Å²) in [5, 5.41) is 11.0. The smallest absolute Gasteiger partial charge is 0.300 e. The molecule has 0 spiro atoms. The minimum atomic E-state index is -4.11. The predicted molar refractivity (Wildman–Crippen MR) is 273 cm³/mol. The van der Waals surface area contributed by atoms with Gasteiger partial charge in [0, 0.05) is 32.9 Å². The third-order valence-electron chi connectivity index (χ3n) is 12.2. The Hall–Kier alpha value is -5.62. The number of aliphatic hydroxyl groups is 1. The molecule has 10 heteroatoms. The summed E-state index contributed by atoms with van der Waals surface area (Å²) in [5.41, 5.74) is 6.92. The molecule has 7 rings (SSSR count). The highest BCUT2D eigenvalue weighted by atomic mass is 31.2. The number of aryl methyl sites for hydroxylation is 9. The van der Waals surface area contributed by atoms with Crippen molar-refractivity contribution in [3.05, 3.63) is 200 Å². The van der Waals surface area contributed by atoms with Gasteiger partial charge in [-0.3, -0.25) is 23.7 Å². The van der Waals surface area contributed by atoms with Crippen LogP contribution in [0.4, 0.5) is 0 Å². The second kappa shape index (κ2) is 22.5. The third-order valence-corrected chi connectivity index (χ3v) is 17.2. The van der Waals surface area contributed by atoms with Gasteiger partial charge in [0.25, 0.3) is 5.52 Å². The first kappa shape index (κ1) is 52.4. The number of hydrogen-bond acceptors (Lipinski definition) is 8. The summed E-state index contributed by atoms with van der Waals surface area (Å²) < 4.78 is 33.3. The van der Waals surface area contributed by atoms with E-state index in [4.69, 9.17) is 4.52 Å². The van der Waals surface area contributed by atoms with E-state index in [9.17, 15) is 33.4 Å². The van der Waals surface area contributed by atoms with Gasteiger partial charge in [0.05, 0.1) is 6.61 Å². The Labute approximate surface area is 397 Å². The standard InChI is InChI=1S/C26H27O3P.C18H21O3P.C13H16O2/c1-16-12-18(3)23(19(4)13-16)25(27)30(29,22-10-8-7-9-11-22)26(28)24-20(5)14-17(2)15-21(24)6;1-5-21-22(20,16-9-7-6-8-10-16)18(19)17-14(3)11-13(2)12-15(17)4;14-12(11-7-3-1-4-8-11)13(15)9-5-2-6-10-13/h7-15H,1-6H3;6-12H,5H2,1-4H3;1,3-4,7-8,15H,2,5-6,9-10H2. The first-order chi connectivity index (χ1) is 31.7. The summed E-state index contributed by atoms with van der Waals surface area (Å²) in [6, 6.07) is 37.7. The number of rotatable bonds is 12. The van der Waals surface area contributed by atoms with E-state index >= 15 is 0 Å². The van der Waals surface area contributed by atoms with Crippen LogP contribution in [-0.2, 0) is 13.7 Å². The van der Waals surface area contributed by atoms with Gasteiger partial charge in [-0.2, -0.15) is 0 Å². The fourth-order valence-electron chi connectivity index (χ4n) is 9.26. The van der Waals surface area contributed by atoms with E-state index in [0.717, 1.165) is 69.3 Å². The zero-order valence-corrected chi connectivity index (χ0v) is 42.4. The highest BCUT2D eigenvalue weighted by Gasteiger charge is 2.45. The van der Waals surface area contributed by atoms with E-state index in [2.05, 4.69) is 0 Å². The number of benzene rings is 6. The summed E-state index contributed by atoms with van der Waals surface area (Å²) >= 11 is 0. The average molecular weight is 939 g/mol. The zero-order chi connectivity index (χ0) is 49.3. The minimum Gasteiger partial charge on any atom is -0.382 e. The van der Waals surface area contributed by atoms with Crippen molar-refractivity contribution in [3.8, 4) is 0 Å². The van der Waals surface area contributed by atoms with Crippen molar-refractivity contribution < 1.29 is 37.9 Å². The maximum absolute atomic E-state index is 14.5. The van der Waals surface area contributed by atoms with Gasteiger partial charge in [-0.25, -0.2) is 0 Å². The molecule has 1 aliphatic carbocycles. The SMILES string of the molecule is CCOP(=O)(C(=O)c1c(C)cc(C)cc1C)c1ccccc1.Cc1cc(C)c(C(=O)P(=O)(C(=O)c2c(C)cc(C)cc2C)c2ccccc2)c(C)c1.O=C(c1ccccc1)C1(O)CCCCC1. The number of carbonyl (C=O) groups excluding carboxylic acids is 4. The molecule has 1 saturated carbocycles. The lowest BCUT2D eigenvalue weighted by atomic mass is 9.79. The molecule has 1 atom stereocenters. The van der Waals surface area contributed by atoms with Crippen LogP contribution in [-0.4, -0.2) is 39.7 Å². The lowest BCUT2D eigenvalue weighted by molar-refractivity contribution is 0.0116. The molecule has 0 radical (unpaired) electrons. The Morgan fingerprint density at radius 1 is 0.493 bits per heavy atom. The van der Waals surface area contributed by atoms with Gasteiger partial charge in [-0.05, 0) is 128 Å². The van der Waals surface area contributed by atoms with E-state index in [-0.39, 0.29) is 17.7 Å². The summed E-state index contributed by atoms with van der Waals surface area (Å²) in [4.78, 5) is 52.8. The average Bonchev–Trinajstić information content (AvgIpc) is 3.29. The quantitative estimate of drug-likeness (QED) is 0.0948. The first-order valence-electron chi connectivity index (χ1n) is 22.9. The lowest BCUT2D eigenvalue weighted by Gasteiger charge is -2.30. The van der Waals surface area contributed by atoms with E-state index < -0.39 is 36.7 Å². The molecule has 1 N–H and O–H groups in total. The van der Waals surface area contributed by atoms with Crippen molar-refractivity contribution in [2.45, 2.75) is 107 Å². The molecule has 0 amide bonds. The predicted octanol–water partition coefficient (Wildman–Crippen LogP) is 13.2. The molecule has 1 unspecified atom stereocenters. The monoisotopic (exact) mass is 938 g/mol. The summed E-state index contributed by atoms with van der Waals surface area (Å²) in [7, 11) is -7.71. The van der Waals surface area contributed by atoms with Gasteiger partial charge < -0.3 is 14.2 Å². The van der Waals surface area contributed by atoms with Crippen LogP contribution in [0.1, 0.15) is 131 Å². The normalized spacial score (nSPS) is 14.0. The summed E-state index contributed by atoms with van der Waals surface area (Å²) in [5.74, 6) is -0.109. The fourth-order valence-corrected chi connectivity index (χ4v) is 13.9. The van der Waals surface area contributed by atoms with Crippen molar-refractivity contribution in [1.29, 1.82) is 0 Å². The first-order valence-corrected chi connectivity index (χ1v) is 26.2. The Morgan fingerprint density at radius 2 is 0.821 bits per heavy atom. The van der Waals surface area contributed by atoms with Gasteiger partial charge in [0.2, 0.25) is 18.2 Å². The van der Waals surface area contributed by atoms with Crippen LogP contribution >= 0.6 is 14.5 Å². The number of carbonyl (C=O) groups is 4. The van der Waals surface area contributed by atoms with Gasteiger partial charge in [0.1, 0.15) is 5.60 Å². The zero-order valence-electron chi connectivity index (χ0n) is 40.6. The maximum atomic E-state index is 14.5. The van der Waals surface area contributed by atoms with Crippen LogP contribution in [0.15, 0.2) is 127 Å². The Morgan fingerprint density at radius 3 is 1.18 bits per heavy atom. The van der Waals surface area contributed by atoms with Crippen LogP contribution < -0.4 is 10.6 Å². The van der Waals surface area contributed by atoms with Crippen LogP contribution in [0.3, 0.4) is 0 Å². The van der Waals surface area contributed by atoms with E-state index in [1.54, 1.807) is 73.7 Å². The van der Waals surface area contributed by atoms with Crippen molar-refractivity contribution in [1.82, 2.24) is 0 Å². The minimum absolute atomic E-state index is 0.109. The van der Waals surface area contributed by atoms with Crippen LogP contribution in [0, 0.1) is 62.3 Å². The highest BCUT2D eigenvalue weighted by Crippen LogP contribution is 2.53. The highest BCUT2D eigenvalue weighted by molar-refractivity contribution is 8.01. The van der Waals surface area contributed by atoms with E-state index in [0.29, 0.717) is 40.4 Å². The molecule has 0 aliphatic heterocycles. The van der Waals surface area contributed by atoms with Gasteiger partial charge in [-0.15, -0.1) is 0 Å². The molecular weight excluding hydrogens is 875 g/mol. The Kier molecular flexibility index (Phi) is 17.5. The molecular formula is C57H64O8P2.